The van der Waals surface area contributed by atoms with Crippen LogP contribution in [0, 0.1) is 23.2 Å². The van der Waals surface area contributed by atoms with Crippen LogP contribution < -0.4 is 0 Å². The van der Waals surface area contributed by atoms with Gasteiger partial charge in [-0.25, -0.2) is 0 Å². The summed E-state index contributed by atoms with van der Waals surface area (Å²) < 4.78 is 22.2. The van der Waals surface area contributed by atoms with E-state index in [0.29, 0.717) is 31.1 Å². The second kappa shape index (κ2) is 18.6. The lowest BCUT2D eigenvalue weighted by Gasteiger charge is -2.28. The fourth-order valence-corrected chi connectivity index (χ4v) is 3.34. The second-order valence-electron chi connectivity index (χ2n) is 11.7. The lowest BCUT2D eigenvalue weighted by molar-refractivity contribution is -0.169. The van der Waals surface area contributed by atoms with Crippen LogP contribution in [-0.2, 0) is 33.3 Å². The van der Waals surface area contributed by atoms with Crippen molar-refractivity contribution in [2.75, 3.05) is 19.8 Å². The molecule has 0 rings (SSSR count). The Kier molecular flexibility index (Phi) is 17.7. The van der Waals surface area contributed by atoms with E-state index >= 15 is 0 Å². The Morgan fingerprint density at radius 3 is 1.81 bits per heavy atom. The highest BCUT2D eigenvalue weighted by atomic mass is 16.6. The molecule has 0 saturated heterocycles. The van der Waals surface area contributed by atoms with Gasteiger partial charge in [-0.1, -0.05) is 41.5 Å². The van der Waals surface area contributed by atoms with Crippen LogP contribution in [0.2, 0.25) is 0 Å². The van der Waals surface area contributed by atoms with Crippen LogP contribution in [0.25, 0.3) is 0 Å². The van der Waals surface area contributed by atoms with Gasteiger partial charge in [-0.3, -0.25) is 14.4 Å². The van der Waals surface area contributed by atoms with Gasteiger partial charge in [0.2, 0.25) is 0 Å². The highest BCUT2D eigenvalue weighted by Gasteiger charge is 2.37. The van der Waals surface area contributed by atoms with Crippen LogP contribution in [0.1, 0.15) is 114 Å². The first-order valence-corrected chi connectivity index (χ1v) is 13.9. The fraction of sp³-hybridized carbons (Fsp3) is 0.897. The van der Waals surface area contributed by atoms with E-state index in [1.807, 2.05) is 13.8 Å². The second-order valence-corrected chi connectivity index (χ2v) is 11.7. The lowest BCUT2D eigenvalue weighted by atomic mass is 9.93. The molecule has 0 aliphatic heterocycles. The zero-order valence-electron chi connectivity index (χ0n) is 24.5. The highest BCUT2D eigenvalue weighted by molar-refractivity contribution is 5.78. The molecule has 0 N–H and O–H groups in total. The number of rotatable bonds is 20. The summed E-state index contributed by atoms with van der Waals surface area (Å²) in [7, 11) is 0. The van der Waals surface area contributed by atoms with E-state index in [0.717, 1.165) is 32.1 Å². The van der Waals surface area contributed by atoms with Crippen molar-refractivity contribution in [2.24, 2.45) is 23.2 Å². The maximum Gasteiger partial charge on any atom is 0.317 e. The van der Waals surface area contributed by atoms with Gasteiger partial charge in [0.1, 0.15) is 18.1 Å². The average Bonchev–Trinajstić information content (AvgIpc) is 2.79. The zero-order valence-corrected chi connectivity index (χ0v) is 24.5. The molecule has 0 aromatic carbocycles. The Bertz CT molecular complexity index is 615. The molecule has 0 bridgehead atoms. The average molecular weight is 515 g/mol. The van der Waals surface area contributed by atoms with Crippen molar-refractivity contribution >= 4 is 17.9 Å². The van der Waals surface area contributed by atoms with Crippen molar-refractivity contribution < 1.29 is 33.3 Å². The number of hydrogen-bond donors (Lipinski definition) is 0. The number of hydrogen-bond acceptors (Lipinski definition) is 7. The summed E-state index contributed by atoms with van der Waals surface area (Å²) in [5, 5.41) is 0. The third-order valence-corrected chi connectivity index (χ3v) is 5.92. The summed E-state index contributed by atoms with van der Waals surface area (Å²) in [4.78, 5) is 37.0. The van der Waals surface area contributed by atoms with Crippen LogP contribution in [0.3, 0.4) is 0 Å². The fourth-order valence-electron chi connectivity index (χ4n) is 3.34. The number of unbranched alkanes of at least 4 members (excludes halogenated alkanes) is 2. The topological polar surface area (TPSA) is 88.1 Å². The molecule has 0 aliphatic carbocycles. The van der Waals surface area contributed by atoms with Gasteiger partial charge >= 0.3 is 17.9 Å². The molecule has 0 aromatic rings. The molecule has 1 unspecified atom stereocenters. The Balaban J connectivity index is 4.47. The van der Waals surface area contributed by atoms with Gasteiger partial charge < -0.3 is 18.9 Å². The number of ether oxygens (including phenoxy) is 4. The van der Waals surface area contributed by atoms with Crippen molar-refractivity contribution in [1.82, 2.24) is 0 Å². The van der Waals surface area contributed by atoms with Gasteiger partial charge in [0, 0.05) is 6.42 Å². The van der Waals surface area contributed by atoms with E-state index in [2.05, 4.69) is 27.7 Å². The highest BCUT2D eigenvalue weighted by Crippen LogP contribution is 2.22. The summed E-state index contributed by atoms with van der Waals surface area (Å²) in [6.45, 7) is 18.0. The van der Waals surface area contributed by atoms with E-state index in [1.54, 1.807) is 20.8 Å². The first kappa shape index (κ1) is 34.4. The number of esters is 3. The summed E-state index contributed by atoms with van der Waals surface area (Å²) in [6, 6.07) is 0. The maximum atomic E-state index is 12.8. The summed E-state index contributed by atoms with van der Waals surface area (Å²) >= 11 is 0. The molecule has 0 amide bonds. The van der Waals surface area contributed by atoms with Crippen molar-refractivity contribution in [3.05, 3.63) is 0 Å². The quantitative estimate of drug-likeness (QED) is 0.104. The van der Waals surface area contributed by atoms with Crippen molar-refractivity contribution in [3.8, 4) is 0 Å². The standard InChI is InChI=1S/C29H54O7/c1-21(2)14-16-25(17-15-22(3)4)36-26(30)13-11-10-12-18-33-28(32)29(9,19-34-24(7)8)20-35-27(31)23(5)6/h21-25H,10-20H2,1-9H3. The predicted molar refractivity (Wildman–Crippen MR) is 142 cm³/mol. The van der Waals surface area contributed by atoms with Gasteiger partial charge in [-0.2, -0.15) is 0 Å². The van der Waals surface area contributed by atoms with Crippen LogP contribution in [0.4, 0.5) is 0 Å². The molecule has 212 valence electrons. The molecule has 0 spiro atoms. The normalized spacial score (nSPS) is 13.5. The lowest BCUT2D eigenvalue weighted by Crippen LogP contribution is -2.41. The first-order valence-electron chi connectivity index (χ1n) is 13.9. The molecule has 0 aliphatic rings. The summed E-state index contributed by atoms with van der Waals surface area (Å²) in [6.07, 6.45) is 6.35. The smallest absolute Gasteiger partial charge is 0.317 e. The minimum atomic E-state index is -1.07. The monoisotopic (exact) mass is 514 g/mol. The Labute approximate surface area is 220 Å². The first-order chi connectivity index (χ1) is 16.8. The third-order valence-electron chi connectivity index (χ3n) is 5.92. The Morgan fingerprint density at radius 1 is 0.722 bits per heavy atom. The van der Waals surface area contributed by atoms with Crippen LogP contribution in [0.5, 0.6) is 0 Å². The predicted octanol–water partition coefficient (Wildman–Crippen LogP) is 6.50. The van der Waals surface area contributed by atoms with Crippen LogP contribution >= 0.6 is 0 Å². The largest absolute Gasteiger partial charge is 0.465 e. The zero-order chi connectivity index (χ0) is 27.7. The van der Waals surface area contributed by atoms with E-state index in [1.165, 1.54) is 0 Å². The Hall–Kier alpha value is -1.63. The van der Waals surface area contributed by atoms with Crippen molar-refractivity contribution in [1.29, 1.82) is 0 Å². The molecule has 1 atom stereocenters. The number of carbonyl (C=O) groups is 3. The number of carbonyl (C=O) groups excluding carboxylic acids is 3. The molecule has 0 heterocycles. The Morgan fingerprint density at radius 2 is 1.31 bits per heavy atom. The van der Waals surface area contributed by atoms with Gasteiger partial charge in [-0.05, 0) is 77.6 Å². The molecule has 36 heavy (non-hydrogen) atoms. The molecule has 0 radical (unpaired) electrons. The van der Waals surface area contributed by atoms with Gasteiger partial charge in [0.15, 0.2) is 0 Å². The minimum absolute atomic E-state index is 0.00112. The van der Waals surface area contributed by atoms with Gasteiger partial charge in [0.05, 0.1) is 25.2 Å². The van der Waals surface area contributed by atoms with Gasteiger partial charge in [0.25, 0.3) is 0 Å². The van der Waals surface area contributed by atoms with E-state index < -0.39 is 11.4 Å². The van der Waals surface area contributed by atoms with E-state index in [9.17, 15) is 14.4 Å². The summed E-state index contributed by atoms with van der Waals surface area (Å²) in [5.74, 6) is -0.0417. The summed E-state index contributed by atoms with van der Waals surface area (Å²) in [5.41, 5.74) is -1.07. The van der Waals surface area contributed by atoms with Crippen molar-refractivity contribution in [3.63, 3.8) is 0 Å². The minimum Gasteiger partial charge on any atom is -0.465 e. The van der Waals surface area contributed by atoms with Crippen LogP contribution in [0.15, 0.2) is 0 Å². The molecular weight excluding hydrogens is 460 g/mol. The molecule has 0 saturated carbocycles. The molecule has 7 heteroatoms. The van der Waals surface area contributed by atoms with Crippen LogP contribution in [-0.4, -0.2) is 49.9 Å². The van der Waals surface area contributed by atoms with Crippen molar-refractivity contribution in [2.45, 2.75) is 126 Å². The third kappa shape index (κ3) is 16.9. The molecule has 0 fully saturated rings. The molecule has 0 aromatic heterocycles. The van der Waals surface area contributed by atoms with Gasteiger partial charge in [-0.15, -0.1) is 0 Å². The molecular formula is C29H54O7. The van der Waals surface area contributed by atoms with E-state index in [4.69, 9.17) is 18.9 Å². The molecule has 7 nitrogen and oxygen atoms in total. The SMILES string of the molecule is CC(C)CCC(CCC(C)C)OC(=O)CCCCCOC(=O)C(C)(COC(=O)C(C)C)COC(C)C. The van der Waals surface area contributed by atoms with E-state index in [-0.39, 0.29) is 49.9 Å². The maximum absolute atomic E-state index is 12.8.